The number of piperidine rings is 1. The van der Waals surface area contributed by atoms with Crippen LogP contribution < -0.4 is 4.74 Å². The summed E-state index contributed by atoms with van der Waals surface area (Å²) < 4.78 is 5.86. The van der Waals surface area contributed by atoms with Gasteiger partial charge in [0.2, 0.25) is 0 Å². The fourth-order valence-electron chi connectivity index (χ4n) is 3.67. The molecule has 2 N–H and O–H groups in total. The molecule has 1 saturated heterocycles. The first-order valence-electron chi connectivity index (χ1n) is 10.1. The van der Waals surface area contributed by atoms with Crippen LogP contribution in [0.5, 0.6) is 5.75 Å². The van der Waals surface area contributed by atoms with E-state index in [1.165, 1.54) is 5.56 Å². The van der Waals surface area contributed by atoms with E-state index < -0.39 is 12.2 Å². The van der Waals surface area contributed by atoms with Crippen LogP contribution in [0, 0.1) is 0 Å². The Hall–Kier alpha value is -2.66. The van der Waals surface area contributed by atoms with E-state index in [4.69, 9.17) is 4.74 Å². The highest BCUT2D eigenvalue weighted by atomic mass is 16.5. The highest BCUT2D eigenvalue weighted by molar-refractivity contribution is 5.64. The van der Waals surface area contributed by atoms with Crippen molar-refractivity contribution in [3.05, 3.63) is 90.0 Å². The maximum absolute atomic E-state index is 9.84. The summed E-state index contributed by atoms with van der Waals surface area (Å²) in [5.41, 5.74) is 4.68. The van der Waals surface area contributed by atoms with Crippen molar-refractivity contribution in [3.8, 4) is 16.9 Å². The Morgan fingerprint density at radius 2 is 1.41 bits per heavy atom. The quantitative estimate of drug-likeness (QED) is 0.672. The molecule has 0 aliphatic carbocycles. The maximum atomic E-state index is 9.84. The number of aliphatic hydroxyl groups excluding tert-OH is 2. The number of ether oxygens (including phenoxy) is 1. The normalized spacial score (nSPS) is 19.8. The molecule has 0 amide bonds. The first-order chi connectivity index (χ1) is 14.2. The summed E-state index contributed by atoms with van der Waals surface area (Å²) in [6.45, 7) is 2.69. The largest absolute Gasteiger partial charge is 0.489 e. The molecule has 0 aromatic heterocycles. The van der Waals surface area contributed by atoms with Crippen molar-refractivity contribution >= 4 is 0 Å². The fourth-order valence-corrected chi connectivity index (χ4v) is 3.67. The van der Waals surface area contributed by atoms with Crippen LogP contribution >= 0.6 is 0 Å². The molecule has 4 rings (SSSR count). The van der Waals surface area contributed by atoms with Crippen molar-refractivity contribution in [1.82, 2.24) is 4.90 Å². The number of β-amino-alcohol motifs (C(OH)–C–C–N with tert-alkyl or cyclic N) is 1. The van der Waals surface area contributed by atoms with E-state index in [2.05, 4.69) is 53.4 Å². The van der Waals surface area contributed by atoms with Crippen molar-refractivity contribution in [2.45, 2.75) is 31.8 Å². The smallest absolute Gasteiger partial charge is 0.119 e. The third-order valence-electron chi connectivity index (χ3n) is 5.43. The zero-order chi connectivity index (χ0) is 20.1. The van der Waals surface area contributed by atoms with Gasteiger partial charge < -0.3 is 14.9 Å². The minimum absolute atomic E-state index is 0.521. The van der Waals surface area contributed by atoms with E-state index in [-0.39, 0.29) is 0 Å². The minimum Gasteiger partial charge on any atom is -0.489 e. The number of hydrogen-bond acceptors (Lipinski definition) is 4. The lowest BCUT2D eigenvalue weighted by Gasteiger charge is -2.33. The lowest BCUT2D eigenvalue weighted by molar-refractivity contribution is -0.0403. The molecule has 0 bridgehead atoms. The highest BCUT2D eigenvalue weighted by Gasteiger charge is 2.25. The number of benzene rings is 3. The summed E-state index contributed by atoms with van der Waals surface area (Å²) in [6, 6.07) is 26.8. The van der Waals surface area contributed by atoms with Crippen molar-refractivity contribution < 1.29 is 14.9 Å². The topological polar surface area (TPSA) is 52.9 Å². The molecule has 1 aliphatic rings. The van der Waals surface area contributed by atoms with Gasteiger partial charge in [-0.3, -0.25) is 4.90 Å². The molecular formula is C25H27NO3. The van der Waals surface area contributed by atoms with Gasteiger partial charge in [-0.15, -0.1) is 0 Å². The number of likely N-dealkylation sites (tertiary alicyclic amines) is 1. The van der Waals surface area contributed by atoms with E-state index in [0.29, 0.717) is 19.6 Å². The molecule has 3 aromatic carbocycles. The van der Waals surface area contributed by atoms with Crippen LogP contribution in [0.3, 0.4) is 0 Å². The molecule has 0 saturated carbocycles. The number of rotatable bonds is 6. The van der Waals surface area contributed by atoms with Gasteiger partial charge in [-0.05, 0) is 40.8 Å². The maximum Gasteiger partial charge on any atom is 0.119 e. The average molecular weight is 389 g/mol. The summed E-state index contributed by atoms with van der Waals surface area (Å²) in [7, 11) is 0. The number of nitrogens with zero attached hydrogens (tertiary/aromatic N) is 1. The van der Waals surface area contributed by atoms with Gasteiger partial charge in [0.15, 0.2) is 0 Å². The zero-order valence-electron chi connectivity index (χ0n) is 16.4. The SMILES string of the molecule is OC1CCN(Cc2ccc(-c3ccc(OCc4ccccc4)cc3)cc2)CC1O. The highest BCUT2D eigenvalue weighted by Crippen LogP contribution is 2.24. The molecule has 2 unspecified atom stereocenters. The number of aliphatic hydroxyl groups is 2. The molecule has 150 valence electrons. The molecule has 2 atom stereocenters. The molecule has 1 heterocycles. The van der Waals surface area contributed by atoms with Gasteiger partial charge in [-0.25, -0.2) is 0 Å². The Morgan fingerprint density at radius 1 is 0.759 bits per heavy atom. The standard InChI is InChI=1S/C25H27NO3/c27-24-14-15-26(17-25(24)28)16-19-6-8-21(9-7-19)22-10-12-23(13-11-22)29-18-20-4-2-1-3-5-20/h1-13,24-25,27-28H,14-18H2. The van der Waals surface area contributed by atoms with Gasteiger partial charge in [-0.1, -0.05) is 66.7 Å². The molecule has 0 radical (unpaired) electrons. The summed E-state index contributed by atoms with van der Waals surface area (Å²) in [4.78, 5) is 2.19. The first kappa shape index (κ1) is 19.6. The minimum atomic E-state index is -0.648. The second-order valence-electron chi connectivity index (χ2n) is 7.65. The molecule has 4 heteroatoms. The lowest BCUT2D eigenvalue weighted by Crippen LogP contribution is -2.46. The Balaban J connectivity index is 1.34. The van der Waals surface area contributed by atoms with Crippen LogP contribution in [0.1, 0.15) is 17.5 Å². The lowest BCUT2D eigenvalue weighted by atomic mass is 10.0. The van der Waals surface area contributed by atoms with Crippen molar-refractivity contribution in [3.63, 3.8) is 0 Å². The summed E-state index contributed by atoms with van der Waals surface area (Å²) in [5, 5.41) is 19.5. The Kier molecular flexibility index (Phi) is 6.25. The molecule has 4 nitrogen and oxygen atoms in total. The van der Waals surface area contributed by atoms with Crippen LogP contribution in [-0.4, -0.2) is 40.4 Å². The predicted molar refractivity (Wildman–Crippen MR) is 115 cm³/mol. The second kappa shape index (κ2) is 9.23. The van der Waals surface area contributed by atoms with E-state index >= 15 is 0 Å². The molecule has 1 fully saturated rings. The van der Waals surface area contributed by atoms with Gasteiger partial charge in [0.05, 0.1) is 12.2 Å². The summed E-state index contributed by atoms with van der Waals surface area (Å²) >= 11 is 0. The van der Waals surface area contributed by atoms with Gasteiger partial charge in [0, 0.05) is 19.6 Å². The van der Waals surface area contributed by atoms with Gasteiger partial charge >= 0.3 is 0 Å². The van der Waals surface area contributed by atoms with Gasteiger partial charge in [0.1, 0.15) is 12.4 Å². The van der Waals surface area contributed by atoms with Crippen molar-refractivity contribution in [1.29, 1.82) is 0 Å². The van der Waals surface area contributed by atoms with Crippen LogP contribution in [0.25, 0.3) is 11.1 Å². The summed E-state index contributed by atoms with van der Waals surface area (Å²) in [5.74, 6) is 0.861. The van der Waals surface area contributed by atoms with E-state index in [9.17, 15) is 10.2 Å². The van der Waals surface area contributed by atoms with E-state index in [1.54, 1.807) is 0 Å². The first-order valence-corrected chi connectivity index (χ1v) is 10.1. The van der Waals surface area contributed by atoms with Crippen LogP contribution in [0.2, 0.25) is 0 Å². The van der Waals surface area contributed by atoms with Crippen molar-refractivity contribution in [2.24, 2.45) is 0 Å². The average Bonchev–Trinajstić information content (AvgIpc) is 2.77. The van der Waals surface area contributed by atoms with Gasteiger partial charge in [0.25, 0.3) is 0 Å². The van der Waals surface area contributed by atoms with E-state index in [1.807, 2.05) is 30.3 Å². The van der Waals surface area contributed by atoms with Crippen molar-refractivity contribution in [2.75, 3.05) is 13.1 Å². The van der Waals surface area contributed by atoms with Crippen LogP contribution in [-0.2, 0) is 13.2 Å². The Bertz CT molecular complexity index is 894. The zero-order valence-corrected chi connectivity index (χ0v) is 16.4. The third kappa shape index (κ3) is 5.24. The molecule has 1 aliphatic heterocycles. The second-order valence-corrected chi connectivity index (χ2v) is 7.65. The number of hydrogen-bond donors (Lipinski definition) is 2. The van der Waals surface area contributed by atoms with Crippen LogP contribution in [0.15, 0.2) is 78.9 Å². The third-order valence-corrected chi connectivity index (χ3v) is 5.43. The fraction of sp³-hybridized carbons (Fsp3) is 0.280. The van der Waals surface area contributed by atoms with Gasteiger partial charge in [-0.2, -0.15) is 0 Å². The molecule has 0 spiro atoms. The molecular weight excluding hydrogens is 362 g/mol. The Labute approximate surface area is 172 Å². The Morgan fingerprint density at radius 3 is 2.07 bits per heavy atom. The molecule has 29 heavy (non-hydrogen) atoms. The predicted octanol–water partition coefficient (Wildman–Crippen LogP) is 3.86. The summed E-state index contributed by atoms with van der Waals surface area (Å²) in [6.07, 6.45) is -0.614. The van der Waals surface area contributed by atoms with Crippen LogP contribution in [0.4, 0.5) is 0 Å². The molecule has 3 aromatic rings. The monoisotopic (exact) mass is 389 g/mol. The van der Waals surface area contributed by atoms with E-state index in [0.717, 1.165) is 35.5 Å².